The van der Waals surface area contributed by atoms with Crippen molar-refractivity contribution in [3.05, 3.63) is 99.8 Å². The SMILES string of the molecule is CCCc1cc2c(Cc3cccc(CC(=O)CC4=CC(C(C)(C)C)=CC4)c3)ccnc2cc1CC. The number of fused-ring (bicyclic) bond motifs is 1. The van der Waals surface area contributed by atoms with Crippen LogP contribution < -0.4 is 0 Å². The molecule has 0 radical (unpaired) electrons. The van der Waals surface area contributed by atoms with Crippen molar-refractivity contribution in [3.8, 4) is 0 Å². The van der Waals surface area contributed by atoms with E-state index in [-0.39, 0.29) is 5.41 Å². The van der Waals surface area contributed by atoms with E-state index in [1.807, 2.05) is 6.20 Å². The molecule has 0 fully saturated rings. The van der Waals surface area contributed by atoms with Crippen LogP contribution in [0, 0.1) is 5.41 Å². The molecule has 35 heavy (non-hydrogen) atoms. The first-order valence-electron chi connectivity index (χ1n) is 13.2. The van der Waals surface area contributed by atoms with Gasteiger partial charge in [-0.2, -0.15) is 0 Å². The van der Waals surface area contributed by atoms with Gasteiger partial charge in [-0.05, 0) is 82.7 Å². The van der Waals surface area contributed by atoms with Crippen LogP contribution >= 0.6 is 0 Å². The van der Waals surface area contributed by atoms with Gasteiger partial charge >= 0.3 is 0 Å². The van der Waals surface area contributed by atoms with Gasteiger partial charge in [-0.3, -0.25) is 9.78 Å². The highest BCUT2D eigenvalue weighted by molar-refractivity contribution is 5.85. The summed E-state index contributed by atoms with van der Waals surface area (Å²) < 4.78 is 0. The van der Waals surface area contributed by atoms with Crippen LogP contribution in [0.5, 0.6) is 0 Å². The molecule has 3 aromatic rings. The number of hydrogen-bond acceptors (Lipinski definition) is 2. The van der Waals surface area contributed by atoms with Crippen LogP contribution in [0.3, 0.4) is 0 Å². The predicted octanol–water partition coefficient (Wildman–Crippen LogP) is 8.14. The molecule has 1 aromatic heterocycles. The van der Waals surface area contributed by atoms with Crippen LogP contribution in [0.2, 0.25) is 0 Å². The summed E-state index contributed by atoms with van der Waals surface area (Å²) in [5.74, 6) is 0.294. The normalized spacial score (nSPS) is 13.7. The molecule has 1 aliphatic carbocycles. The number of ketones is 1. The fourth-order valence-corrected chi connectivity index (χ4v) is 5.16. The van der Waals surface area contributed by atoms with Crippen molar-refractivity contribution in [1.82, 2.24) is 4.98 Å². The Morgan fingerprint density at radius 1 is 0.943 bits per heavy atom. The van der Waals surface area contributed by atoms with E-state index < -0.39 is 0 Å². The van der Waals surface area contributed by atoms with Gasteiger partial charge < -0.3 is 0 Å². The third-order valence-corrected chi connectivity index (χ3v) is 7.07. The summed E-state index contributed by atoms with van der Waals surface area (Å²) in [5, 5.41) is 1.25. The van der Waals surface area contributed by atoms with Crippen molar-refractivity contribution in [3.63, 3.8) is 0 Å². The van der Waals surface area contributed by atoms with Crippen LogP contribution in [-0.2, 0) is 30.5 Å². The Morgan fingerprint density at radius 2 is 1.74 bits per heavy atom. The second-order valence-electron chi connectivity index (χ2n) is 11.0. The zero-order valence-electron chi connectivity index (χ0n) is 22.1. The molecule has 2 heteroatoms. The van der Waals surface area contributed by atoms with Gasteiger partial charge in [-0.15, -0.1) is 0 Å². The average molecular weight is 466 g/mol. The smallest absolute Gasteiger partial charge is 0.141 e. The fraction of sp³-hybridized carbons (Fsp3) is 0.394. The van der Waals surface area contributed by atoms with Crippen LogP contribution in [0.25, 0.3) is 10.9 Å². The van der Waals surface area contributed by atoms with Crippen LogP contribution in [0.4, 0.5) is 0 Å². The first-order valence-corrected chi connectivity index (χ1v) is 13.2. The zero-order valence-corrected chi connectivity index (χ0v) is 22.1. The van der Waals surface area contributed by atoms with Gasteiger partial charge in [0, 0.05) is 24.4 Å². The summed E-state index contributed by atoms with van der Waals surface area (Å²) >= 11 is 0. The van der Waals surface area contributed by atoms with Crippen LogP contribution in [0.15, 0.2) is 72.0 Å². The summed E-state index contributed by atoms with van der Waals surface area (Å²) in [7, 11) is 0. The van der Waals surface area contributed by atoms with E-state index >= 15 is 0 Å². The monoisotopic (exact) mass is 465 g/mol. The molecule has 0 amide bonds. The van der Waals surface area contributed by atoms with Gasteiger partial charge in [-0.1, -0.05) is 83.0 Å². The second-order valence-corrected chi connectivity index (χ2v) is 11.0. The molecule has 182 valence electrons. The molecule has 0 spiro atoms. The predicted molar refractivity (Wildman–Crippen MR) is 148 cm³/mol. The van der Waals surface area contributed by atoms with E-state index in [4.69, 9.17) is 0 Å². The first kappa shape index (κ1) is 25.1. The molecule has 0 unspecified atom stereocenters. The van der Waals surface area contributed by atoms with Crippen LogP contribution in [0.1, 0.15) is 81.7 Å². The number of carbonyl (C=O) groups excluding carboxylic acids is 1. The zero-order chi connectivity index (χ0) is 25.0. The van der Waals surface area contributed by atoms with Gasteiger partial charge in [-0.25, -0.2) is 0 Å². The lowest BCUT2D eigenvalue weighted by Crippen LogP contribution is -2.06. The van der Waals surface area contributed by atoms with E-state index in [2.05, 4.69) is 94.2 Å². The topological polar surface area (TPSA) is 30.0 Å². The summed E-state index contributed by atoms with van der Waals surface area (Å²) in [6.45, 7) is 11.1. The van der Waals surface area contributed by atoms with Crippen molar-refractivity contribution in [2.45, 2.75) is 79.6 Å². The highest BCUT2D eigenvalue weighted by atomic mass is 16.1. The minimum absolute atomic E-state index is 0.145. The van der Waals surface area contributed by atoms with Crippen molar-refractivity contribution in [2.75, 3.05) is 0 Å². The molecule has 0 aliphatic heterocycles. The Hall–Kier alpha value is -3.00. The van der Waals surface area contributed by atoms with E-state index in [1.165, 1.54) is 38.8 Å². The molecule has 1 heterocycles. The minimum atomic E-state index is 0.145. The summed E-state index contributed by atoms with van der Waals surface area (Å²) in [5.41, 5.74) is 10.3. The number of rotatable bonds is 9. The van der Waals surface area contributed by atoms with Gasteiger partial charge in [0.1, 0.15) is 5.78 Å². The van der Waals surface area contributed by atoms with E-state index in [0.29, 0.717) is 18.6 Å². The molecule has 0 atom stereocenters. The first-order chi connectivity index (χ1) is 16.8. The standard InChI is InChI=1S/C33H39NO/c1-6-9-27-21-31-28(14-15-34-32(31)22-26(27)7-2)17-23-10-8-11-24(16-23)19-30(35)20-25-12-13-29(18-25)33(3,4)5/h8,10-11,13-16,18,21-22H,6-7,9,12,17,19-20H2,1-5H3. The summed E-state index contributed by atoms with van der Waals surface area (Å²) in [4.78, 5) is 17.5. The minimum Gasteiger partial charge on any atom is -0.299 e. The molecule has 0 bridgehead atoms. The number of aryl methyl sites for hydroxylation is 2. The van der Waals surface area contributed by atoms with Crippen molar-refractivity contribution in [2.24, 2.45) is 5.41 Å². The second kappa shape index (κ2) is 10.7. The van der Waals surface area contributed by atoms with Crippen LogP contribution in [-0.4, -0.2) is 10.8 Å². The number of benzene rings is 2. The molecule has 1 aliphatic rings. The Labute approximate surface area is 211 Å². The summed E-state index contributed by atoms with van der Waals surface area (Å²) in [6.07, 6.45) is 12.5. The van der Waals surface area contributed by atoms with E-state index in [1.54, 1.807) is 0 Å². The van der Waals surface area contributed by atoms with E-state index in [0.717, 1.165) is 43.2 Å². The van der Waals surface area contributed by atoms with Gasteiger partial charge in [0.15, 0.2) is 0 Å². The Morgan fingerprint density at radius 3 is 2.46 bits per heavy atom. The number of pyridine rings is 1. The number of allylic oxidation sites excluding steroid dienone is 4. The van der Waals surface area contributed by atoms with Crippen molar-refractivity contribution in [1.29, 1.82) is 0 Å². The van der Waals surface area contributed by atoms with E-state index in [9.17, 15) is 4.79 Å². The quantitative estimate of drug-likeness (QED) is 0.319. The molecule has 0 saturated heterocycles. The largest absolute Gasteiger partial charge is 0.299 e. The third-order valence-electron chi connectivity index (χ3n) is 7.07. The highest BCUT2D eigenvalue weighted by Crippen LogP contribution is 2.33. The third kappa shape index (κ3) is 6.17. The summed E-state index contributed by atoms with van der Waals surface area (Å²) in [6, 6.07) is 15.3. The van der Waals surface area contributed by atoms with Crippen molar-refractivity contribution >= 4 is 16.7 Å². The molecule has 0 saturated carbocycles. The van der Waals surface area contributed by atoms with Gasteiger partial charge in [0.25, 0.3) is 0 Å². The fourth-order valence-electron chi connectivity index (χ4n) is 5.16. The molecule has 4 rings (SSSR count). The molecule has 2 nitrogen and oxygen atoms in total. The molecule has 0 N–H and O–H groups in total. The van der Waals surface area contributed by atoms with Gasteiger partial charge in [0.2, 0.25) is 0 Å². The number of nitrogens with zero attached hydrogens (tertiary/aromatic N) is 1. The molecular formula is C33H39NO. The Balaban J connectivity index is 1.49. The average Bonchev–Trinajstić information content (AvgIpc) is 3.28. The lowest BCUT2D eigenvalue weighted by Gasteiger charge is -2.18. The molecule has 2 aromatic carbocycles. The number of hydrogen-bond donors (Lipinski definition) is 0. The Bertz CT molecular complexity index is 1290. The maximum Gasteiger partial charge on any atom is 0.141 e. The lowest BCUT2D eigenvalue weighted by atomic mass is 9.87. The number of Topliss-reactive ketones (excluding diaryl/α,β-unsaturated/α-hetero) is 1. The number of carbonyl (C=O) groups is 1. The van der Waals surface area contributed by atoms with Crippen molar-refractivity contribution < 1.29 is 4.79 Å². The maximum atomic E-state index is 12.9. The maximum absolute atomic E-state index is 12.9. The van der Waals surface area contributed by atoms with Gasteiger partial charge in [0.05, 0.1) is 5.52 Å². The molecular weight excluding hydrogens is 426 g/mol. The Kier molecular flexibility index (Phi) is 7.69. The lowest BCUT2D eigenvalue weighted by molar-refractivity contribution is -0.117. The highest BCUT2D eigenvalue weighted by Gasteiger charge is 2.20. The number of aromatic nitrogens is 1.